The van der Waals surface area contributed by atoms with Crippen molar-refractivity contribution < 1.29 is 22.8 Å². The van der Waals surface area contributed by atoms with E-state index >= 15 is 0 Å². The maximum absolute atomic E-state index is 11.3. The Hall–Kier alpha value is -1.44. The number of carbonyl (C=O) groups is 1. The second-order valence-corrected chi connectivity index (χ2v) is 6.74. The summed E-state index contributed by atoms with van der Waals surface area (Å²) in [6.45, 7) is 4.62. The molecule has 8 heteroatoms. The van der Waals surface area contributed by atoms with Crippen molar-refractivity contribution in [3.8, 4) is 0 Å². The molecule has 0 spiro atoms. The van der Waals surface area contributed by atoms with Crippen LogP contribution in [0.25, 0.3) is 0 Å². The van der Waals surface area contributed by atoms with Crippen molar-refractivity contribution in [1.29, 1.82) is 0 Å². The lowest BCUT2D eigenvalue weighted by Gasteiger charge is -2.10. The fraction of sp³-hybridized carbons (Fsp3) is 0.700. The van der Waals surface area contributed by atoms with Crippen molar-refractivity contribution in [2.75, 3.05) is 6.26 Å². The quantitative estimate of drug-likeness (QED) is 0.853. The largest absolute Gasteiger partial charge is 0.481 e. The van der Waals surface area contributed by atoms with E-state index in [1.165, 1.54) is 13.8 Å². The molecule has 7 nitrogen and oxygen atoms in total. The molecule has 102 valence electrons. The van der Waals surface area contributed by atoms with Gasteiger partial charge in [-0.25, -0.2) is 8.42 Å². The second-order valence-electron chi connectivity index (χ2n) is 4.38. The molecule has 1 N–H and O–H groups in total. The van der Waals surface area contributed by atoms with Crippen molar-refractivity contribution in [3.63, 3.8) is 0 Å². The molecule has 0 saturated carbocycles. The van der Waals surface area contributed by atoms with Crippen LogP contribution in [0.2, 0.25) is 0 Å². The van der Waals surface area contributed by atoms with Gasteiger partial charge in [-0.15, -0.1) is 0 Å². The first-order chi connectivity index (χ1) is 8.14. The SMILES string of the molecule is CC(C(=O)O)C(C)c1nc(C(C)S(C)(=O)=O)no1. The van der Waals surface area contributed by atoms with E-state index in [1.807, 2.05) is 0 Å². The van der Waals surface area contributed by atoms with E-state index in [1.54, 1.807) is 6.92 Å². The smallest absolute Gasteiger partial charge is 0.307 e. The zero-order valence-electron chi connectivity index (χ0n) is 10.6. The van der Waals surface area contributed by atoms with Gasteiger partial charge in [-0.05, 0) is 6.92 Å². The van der Waals surface area contributed by atoms with Crippen molar-refractivity contribution in [2.24, 2.45) is 5.92 Å². The maximum Gasteiger partial charge on any atom is 0.307 e. The number of carboxylic acids is 1. The van der Waals surface area contributed by atoms with Gasteiger partial charge in [-0.3, -0.25) is 4.79 Å². The van der Waals surface area contributed by atoms with Gasteiger partial charge in [0.25, 0.3) is 0 Å². The predicted molar refractivity (Wildman–Crippen MR) is 62.8 cm³/mol. The van der Waals surface area contributed by atoms with Crippen LogP contribution in [0.1, 0.15) is 43.7 Å². The molecular weight excluding hydrogens is 260 g/mol. The minimum Gasteiger partial charge on any atom is -0.481 e. The van der Waals surface area contributed by atoms with Gasteiger partial charge in [0.1, 0.15) is 5.25 Å². The normalized spacial score (nSPS) is 17.1. The zero-order chi connectivity index (χ0) is 14.1. The maximum atomic E-state index is 11.3. The van der Waals surface area contributed by atoms with E-state index in [9.17, 15) is 13.2 Å². The lowest BCUT2D eigenvalue weighted by atomic mass is 9.96. The van der Waals surface area contributed by atoms with Gasteiger partial charge in [0.05, 0.1) is 5.92 Å². The summed E-state index contributed by atoms with van der Waals surface area (Å²) in [5.41, 5.74) is 0. The van der Waals surface area contributed by atoms with Crippen molar-refractivity contribution >= 4 is 15.8 Å². The van der Waals surface area contributed by atoms with Crippen LogP contribution < -0.4 is 0 Å². The van der Waals surface area contributed by atoms with E-state index in [0.717, 1.165) is 6.26 Å². The lowest BCUT2D eigenvalue weighted by molar-refractivity contribution is -0.141. The zero-order valence-corrected chi connectivity index (χ0v) is 11.4. The highest BCUT2D eigenvalue weighted by Crippen LogP contribution is 2.25. The van der Waals surface area contributed by atoms with E-state index in [-0.39, 0.29) is 11.7 Å². The van der Waals surface area contributed by atoms with Crippen molar-refractivity contribution in [2.45, 2.75) is 31.9 Å². The Morgan fingerprint density at radius 2 is 1.89 bits per heavy atom. The molecular formula is C10H16N2O5S. The number of aliphatic carboxylic acids is 1. The van der Waals surface area contributed by atoms with Crippen LogP contribution in [0, 0.1) is 5.92 Å². The number of hydrogen-bond donors (Lipinski definition) is 1. The molecule has 1 heterocycles. The summed E-state index contributed by atoms with van der Waals surface area (Å²) in [6.07, 6.45) is 1.08. The molecule has 0 saturated heterocycles. The van der Waals surface area contributed by atoms with Crippen LogP contribution in [-0.4, -0.2) is 35.9 Å². The number of nitrogens with zero attached hydrogens (tertiary/aromatic N) is 2. The van der Waals surface area contributed by atoms with Gasteiger partial charge < -0.3 is 9.63 Å². The van der Waals surface area contributed by atoms with E-state index < -0.39 is 32.9 Å². The third-order valence-corrected chi connectivity index (χ3v) is 4.49. The van der Waals surface area contributed by atoms with E-state index in [0.29, 0.717) is 0 Å². The minimum atomic E-state index is -3.31. The molecule has 1 aromatic heterocycles. The topological polar surface area (TPSA) is 110 Å². The van der Waals surface area contributed by atoms with Crippen LogP contribution in [0.4, 0.5) is 0 Å². The highest BCUT2D eigenvalue weighted by molar-refractivity contribution is 7.90. The molecule has 0 aliphatic carbocycles. The summed E-state index contributed by atoms with van der Waals surface area (Å²) >= 11 is 0. The molecule has 3 atom stereocenters. The van der Waals surface area contributed by atoms with E-state index in [4.69, 9.17) is 9.63 Å². The molecule has 1 aromatic rings. The average Bonchev–Trinajstić information content (AvgIpc) is 2.73. The summed E-state index contributed by atoms with van der Waals surface area (Å²) in [6, 6.07) is 0. The van der Waals surface area contributed by atoms with Crippen LogP contribution in [-0.2, 0) is 14.6 Å². The highest BCUT2D eigenvalue weighted by Gasteiger charge is 2.29. The second kappa shape index (κ2) is 5.05. The van der Waals surface area contributed by atoms with Gasteiger partial charge in [0.2, 0.25) is 5.89 Å². The molecule has 0 aliphatic heterocycles. The molecule has 0 bridgehead atoms. The molecule has 0 amide bonds. The molecule has 0 radical (unpaired) electrons. The molecule has 1 rings (SSSR count). The van der Waals surface area contributed by atoms with Crippen LogP contribution in [0.15, 0.2) is 4.52 Å². The summed E-state index contributed by atoms with van der Waals surface area (Å²) in [4.78, 5) is 14.8. The lowest BCUT2D eigenvalue weighted by Crippen LogP contribution is -2.17. The Morgan fingerprint density at radius 3 is 2.33 bits per heavy atom. The molecule has 18 heavy (non-hydrogen) atoms. The van der Waals surface area contributed by atoms with Gasteiger partial charge in [0.15, 0.2) is 15.7 Å². The third kappa shape index (κ3) is 3.06. The Balaban J connectivity index is 2.97. The number of aromatic nitrogens is 2. The Morgan fingerprint density at radius 1 is 1.33 bits per heavy atom. The monoisotopic (exact) mass is 276 g/mol. The van der Waals surface area contributed by atoms with Gasteiger partial charge in [0, 0.05) is 12.2 Å². The minimum absolute atomic E-state index is 0.0527. The standard InChI is InChI=1S/C10H16N2O5S/c1-5(6(2)10(13)14)9-11-8(12-17-9)7(3)18(4,15)16/h5-7H,1-4H3,(H,13,14). The van der Waals surface area contributed by atoms with Gasteiger partial charge in [-0.2, -0.15) is 4.98 Å². The summed E-state index contributed by atoms with van der Waals surface area (Å²) in [5, 5.41) is 11.6. The first kappa shape index (κ1) is 14.6. The van der Waals surface area contributed by atoms with Crippen LogP contribution >= 0.6 is 0 Å². The van der Waals surface area contributed by atoms with Crippen molar-refractivity contribution in [3.05, 3.63) is 11.7 Å². The Labute approximate surface area is 105 Å². The molecule has 0 aromatic carbocycles. The third-order valence-electron chi connectivity index (χ3n) is 2.99. The molecule has 0 fully saturated rings. The summed E-state index contributed by atoms with van der Waals surface area (Å²) < 4.78 is 27.6. The van der Waals surface area contributed by atoms with Crippen LogP contribution in [0.5, 0.6) is 0 Å². The number of carboxylic acid groups (broad SMARTS) is 1. The number of rotatable bonds is 5. The van der Waals surface area contributed by atoms with Crippen LogP contribution in [0.3, 0.4) is 0 Å². The number of hydrogen-bond acceptors (Lipinski definition) is 6. The van der Waals surface area contributed by atoms with E-state index in [2.05, 4.69) is 10.1 Å². The fourth-order valence-electron chi connectivity index (χ4n) is 1.22. The number of sulfone groups is 1. The summed E-state index contributed by atoms with van der Waals surface area (Å²) in [7, 11) is -3.31. The fourth-order valence-corrected chi connectivity index (χ4v) is 1.70. The predicted octanol–water partition coefficient (Wildman–Crippen LogP) is 0.999. The Kier molecular flexibility index (Phi) is 4.10. The first-order valence-corrected chi connectivity index (χ1v) is 7.35. The average molecular weight is 276 g/mol. The highest BCUT2D eigenvalue weighted by atomic mass is 32.2. The molecule has 3 unspecified atom stereocenters. The van der Waals surface area contributed by atoms with Gasteiger partial charge in [-0.1, -0.05) is 19.0 Å². The Bertz CT molecular complexity index is 536. The van der Waals surface area contributed by atoms with Crippen molar-refractivity contribution in [1.82, 2.24) is 10.1 Å². The molecule has 0 aliphatic rings. The summed E-state index contributed by atoms with van der Waals surface area (Å²) in [5.74, 6) is -1.95. The first-order valence-electron chi connectivity index (χ1n) is 5.39. The van der Waals surface area contributed by atoms with Gasteiger partial charge >= 0.3 is 5.97 Å².